The molecule has 0 radical (unpaired) electrons. The van der Waals surface area contributed by atoms with Gasteiger partial charge in [-0.1, -0.05) is 0 Å². The molecule has 0 amide bonds. The molecule has 0 saturated heterocycles. The van der Waals surface area contributed by atoms with E-state index in [0.717, 1.165) is 27.4 Å². The van der Waals surface area contributed by atoms with Crippen LogP contribution in [-0.2, 0) is 0 Å². The summed E-state index contributed by atoms with van der Waals surface area (Å²) in [6, 6.07) is 2.02. The van der Waals surface area contributed by atoms with Gasteiger partial charge in [0.15, 0.2) is 5.82 Å². The van der Waals surface area contributed by atoms with Crippen molar-refractivity contribution in [3.05, 3.63) is 27.0 Å². The second-order valence-corrected chi connectivity index (χ2v) is 4.63. The van der Waals surface area contributed by atoms with Gasteiger partial charge in [-0.2, -0.15) is 11.3 Å². The largest absolute Gasteiger partial charge is 0.372 e. The van der Waals surface area contributed by atoms with Gasteiger partial charge < -0.3 is 5.32 Å². The van der Waals surface area contributed by atoms with Gasteiger partial charge in [-0.25, -0.2) is 9.97 Å². The third kappa shape index (κ3) is 2.03. The van der Waals surface area contributed by atoms with Crippen LogP contribution in [0.2, 0.25) is 0 Å². The summed E-state index contributed by atoms with van der Waals surface area (Å²) in [5, 5.41) is 7.11. The highest BCUT2D eigenvalue weighted by molar-refractivity contribution is 9.10. The molecule has 0 unspecified atom stereocenters. The second-order valence-electron chi connectivity index (χ2n) is 3.06. The molecule has 2 heterocycles. The normalized spacial score (nSPS) is 10.3. The van der Waals surface area contributed by atoms with Gasteiger partial charge in [0.1, 0.15) is 5.82 Å². The van der Waals surface area contributed by atoms with E-state index in [1.807, 2.05) is 30.8 Å². The maximum atomic E-state index is 4.43. The maximum Gasteiger partial charge on any atom is 0.162 e. The average molecular weight is 284 g/mol. The van der Waals surface area contributed by atoms with Crippen LogP contribution in [0.4, 0.5) is 5.82 Å². The van der Waals surface area contributed by atoms with E-state index < -0.39 is 0 Å². The number of halogens is 1. The number of hydrogen-bond acceptors (Lipinski definition) is 4. The fourth-order valence-corrected chi connectivity index (χ4v) is 2.26. The Morgan fingerprint density at radius 3 is 2.80 bits per heavy atom. The van der Waals surface area contributed by atoms with E-state index in [1.165, 1.54) is 0 Å². The summed E-state index contributed by atoms with van der Waals surface area (Å²) < 4.78 is 0.920. The quantitative estimate of drug-likeness (QED) is 0.919. The number of nitrogens with one attached hydrogen (secondary N) is 1. The van der Waals surface area contributed by atoms with Gasteiger partial charge in [-0.15, -0.1) is 0 Å². The zero-order valence-electron chi connectivity index (χ0n) is 8.41. The Hall–Kier alpha value is -0.940. The highest BCUT2D eigenvalue weighted by Gasteiger charge is 2.09. The molecule has 78 valence electrons. The summed E-state index contributed by atoms with van der Waals surface area (Å²) >= 11 is 5.10. The van der Waals surface area contributed by atoms with Crippen LogP contribution in [0.3, 0.4) is 0 Å². The van der Waals surface area contributed by atoms with Crippen LogP contribution in [-0.4, -0.2) is 17.0 Å². The average Bonchev–Trinajstić information content (AvgIpc) is 2.75. The lowest BCUT2D eigenvalue weighted by molar-refractivity contribution is 1.09. The molecule has 3 nitrogen and oxygen atoms in total. The Bertz CT molecular complexity index is 468. The first-order valence-corrected chi connectivity index (χ1v) is 6.20. The monoisotopic (exact) mass is 283 g/mol. The lowest BCUT2D eigenvalue weighted by atomic mass is 10.3. The van der Waals surface area contributed by atoms with Crippen LogP contribution in [0.5, 0.6) is 0 Å². The van der Waals surface area contributed by atoms with Crippen molar-refractivity contribution in [1.82, 2.24) is 9.97 Å². The molecule has 0 fully saturated rings. The Balaban J connectivity index is 2.55. The number of aryl methyl sites for hydroxylation is 1. The minimum absolute atomic E-state index is 0.765. The van der Waals surface area contributed by atoms with Crippen LogP contribution in [0.15, 0.2) is 21.3 Å². The minimum atomic E-state index is 0.765. The van der Waals surface area contributed by atoms with Crippen molar-refractivity contribution < 1.29 is 0 Å². The predicted octanol–water partition coefficient (Wildman–Crippen LogP) is 3.32. The molecular weight excluding hydrogens is 274 g/mol. The van der Waals surface area contributed by atoms with Crippen molar-refractivity contribution in [3.8, 4) is 11.4 Å². The first-order valence-electron chi connectivity index (χ1n) is 4.47. The first kappa shape index (κ1) is 10.6. The molecule has 0 aliphatic heterocycles. The van der Waals surface area contributed by atoms with Crippen molar-refractivity contribution in [3.63, 3.8) is 0 Å². The van der Waals surface area contributed by atoms with E-state index in [0.29, 0.717) is 0 Å². The van der Waals surface area contributed by atoms with Gasteiger partial charge in [0.25, 0.3) is 0 Å². The molecule has 15 heavy (non-hydrogen) atoms. The Morgan fingerprint density at radius 1 is 1.40 bits per heavy atom. The van der Waals surface area contributed by atoms with E-state index in [4.69, 9.17) is 0 Å². The highest BCUT2D eigenvalue weighted by Crippen LogP contribution is 2.27. The van der Waals surface area contributed by atoms with Crippen molar-refractivity contribution in [1.29, 1.82) is 0 Å². The van der Waals surface area contributed by atoms with E-state index >= 15 is 0 Å². The minimum Gasteiger partial charge on any atom is -0.372 e. The van der Waals surface area contributed by atoms with E-state index in [1.54, 1.807) is 11.3 Å². The van der Waals surface area contributed by atoms with Crippen LogP contribution >= 0.6 is 27.3 Å². The molecular formula is C10H10BrN3S. The summed E-state index contributed by atoms with van der Waals surface area (Å²) in [6.45, 7) is 1.96. The third-order valence-electron chi connectivity index (χ3n) is 2.03. The second kappa shape index (κ2) is 4.28. The molecule has 0 saturated carbocycles. The first-order chi connectivity index (χ1) is 7.22. The van der Waals surface area contributed by atoms with Crippen molar-refractivity contribution in [2.75, 3.05) is 12.4 Å². The molecule has 1 N–H and O–H groups in total. The Kier molecular flexibility index (Phi) is 3.02. The van der Waals surface area contributed by atoms with Crippen LogP contribution in [0, 0.1) is 6.92 Å². The van der Waals surface area contributed by atoms with Gasteiger partial charge >= 0.3 is 0 Å². The number of rotatable bonds is 2. The van der Waals surface area contributed by atoms with Gasteiger partial charge in [0.05, 0.1) is 10.2 Å². The summed E-state index contributed by atoms with van der Waals surface area (Å²) in [4.78, 5) is 8.86. The molecule has 0 aliphatic carbocycles. The smallest absolute Gasteiger partial charge is 0.162 e. The predicted molar refractivity (Wildman–Crippen MR) is 67.3 cm³/mol. The fraction of sp³-hybridized carbons (Fsp3) is 0.200. The third-order valence-corrected chi connectivity index (χ3v) is 3.67. The summed E-state index contributed by atoms with van der Waals surface area (Å²) in [7, 11) is 1.85. The molecule has 0 spiro atoms. The fourth-order valence-electron chi connectivity index (χ4n) is 1.25. The molecule has 2 aromatic heterocycles. The van der Waals surface area contributed by atoms with Gasteiger partial charge in [0, 0.05) is 18.0 Å². The van der Waals surface area contributed by atoms with Gasteiger partial charge in [-0.05, 0) is 34.3 Å². The summed E-state index contributed by atoms with van der Waals surface area (Å²) in [5.74, 6) is 1.59. The van der Waals surface area contributed by atoms with Crippen molar-refractivity contribution >= 4 is 33.1 Å². The zero-order valence-corrected chi connectivity index (χ0v) is 10.8. The van der Waals surface area contributed by atoms with E-state index in [-0.39, 0.29) is 0 Å². The number of anilines is 1. The standard InChI is InChI=1S/C10H10BrN3S/c1-6-8(11)10(12-2)14-9(13-6)7-3-4-15-5-7/h3-5H,1-2H3,(H,12,13,14). The molecule has 0 bridgehead atoms. The number of aromatic nitrogens is 2. The Labute approximate surface area is 101 Å². The van der Waals surface area contributed by atoms with E-state index in [9.17, 15) is 0 Å². The molecule has 2 aromatic rings. The topological polar surface area (TPSA) is 37.8 Å². The lowest BCUT2D eigenvalue weighted by Crippen LogP contribution is -2.00. The van der Waals surface area contributed by atoms with Crippen LogP contribution < -0.4 is 5.32 Å². The van der Waals surface area contributed by atoms with Gasteiger partial charge in [-0.3, -0.25) is 0 Å². The van der Waals surface area contributed by atoms with Crippen LogP contribution in [0.25, 0.3) is 11.4 Å². The maximum absolute atomic E-state index is 4.43. The molecule has 2 rings (SSSR count). The highest BCUT2D eigenvalue weighted by atomic mass is 79.9. The zero-order chi connectivity index (χ0) is 10.8. The molecule has 5 heteroatoms. The van der Waals surface area contributed by atoms with Crippen molar-refractivity contribution in [2.24, 2.45) is 0 Å². The Morgan fingerprint density at radius 2 is 2.20 bits per heavy atom. The SMILES string of the molecule is CNc1nc(-c2ccsc2)nc(C)c1Br. The molecule has 0 aromatic carbocycles. The number of nitrogens with zero attached hydrogens (tertiary/aromatic N) is 2. The molecule has 0 aliphatic rings. The lowest BCUT2D eigenvalue weighted by Gasteiger charge is -2.07. The number of thiophene rings is 1. The van der Waals surface area contributed by atoms with Crippen LogP contribution in [0.1, 0.15) is 5.69 Å². The number of hydrogen-bond donors (Lipinski definition) is 1. The van der Waals surface area contributed by atoms with Gasteiger partial charge in [0.2, 0.25) is 0 Å². The molecule has 0 atom stereocenters. The van der Waals surface area contributed by atoms with Crippen molar-refractivity contribution in [2.45, 2.75) is 6.92 Å². The summed E-state index contributed by atoms with van der Waals surface area (Å²) in [6.07, 6.45) is 0. The van der Waals surface area contributed by atoms with E-state index in [2.05, 4.69) is 31.2 Å². The summed E-state index contributed by atoms with van der Waals surface area (Å²) in [5.41, 5.74) is 2.00.